The van der Waals surface area contributed by atoms with Gasteiger partial charge >= 0.3 is 5.97 Å². The molecule has 0 radical (unpaired) electrons. The van der Waals surface area contributed by atoms with Crippen molar-refractivity contribution in [2.45, 2.75) is 26.3 Å². The minimum absolute atomic E-state index is 0.273. The number of hydrogen-bond donors (Lipinski definition) is 2. The third kappa shape index (κ3) is 4.74. The molecular weight excluding hydrogens is 400 g/mol. The number of benzene rings is 2. The van der Waals surface area contributed by atoms with E-state index in [1.165, 1.54) is 0 Å². The van der Waals surface area contributed by atoms with Crippen molar-refractivity contribution in [1.29, 1.82) is 0 Å². The Morgan fingerprint density at radius 2 is 1.87 bits per heavy atom. The fourth-order valence-corrected chi connectivity index (χ4v) is 3.49. The second kappa shape index (κ2) is 10.1. The first-order valence-corrected chi connectivity index (χ1v) is 10.3. The molecule has 6 nitrogen and oxygen atoms in total. The average Bonchev–Trinajstić information content (AvgIpc) is 2.77. The minimum Gasteiger partial charge on any atom is -0.493 e. The van der Waals surface area contributed by atoms with Gasteiger partial charge in [-0.25, -0.2) is 4.79 Å². The minimum atomic E-state index is -0.498. The molecule has 1 atom stereocenters. The summed E-state index contributed by atoms with van der Waals surface area (Å²) < 4.78 is 16.7. The lowest BCUT2D eigenvalue weighted by atomic mass is 9.92. The van der Waals surface area contributed by atoms with Gasteiger partial charge in [-0.15, -0.1) is 0 Å². The van der Waals surface area contributed by atoms with Crippen LogP contribution in [0.1, 0.15) is 37.4 Å². The summed E-state index contributed by atoms with van der Waals surface area (Å²) in [5, 5.41) is 6.76. The van der Waals surface area contributed by atoms with Crippen molar-refractivity contribution in [3.05, 3.63) is 65.2 Å². The zero-order chi connectivity index (χ0) is 21.5. The number of methoxy groups -OCH3 is 1. The van der Waals surface area contributed by atoms with Gasteiger partial charge in [0.25, 0.3) is 0 Å². The Balaban J connectivity index is 2.11. The molecule has 30 heavy (non-hydrogen) atoms. The fourth-order valence-electron chi connectivity index (χ4n) is 3.27. The number of ether oxygens (including phenoxy) is 3. The Labute approximate surface area is 182 Å². The highest BCUT2D eigenvalue weighted by molar-refractivity contribution is 7.80. The average molecular weight is 427 g/mol. The van der Waals surface area contributed by atoms with Crippen LogP contribution in [0.25, 0.3) is 5.70 Å². The van der Waals surface area contributed by atoms with Crippen LogP contribution in [0.3, 0.4) is 0 Å². The molecule has 1 aliphatic heterocycles. The summed E-state index contributed by atoms with van der Waals surface area (Å²) in [4.78, 5) is 13.0. The smallest absolute Gasteiger partial charge is 0.338 e. The predicted molar refractivity (Wildman–Crippen MR) is 120 cm³/mol. The highest BCUT2D eigenvalue weighted by Crippen LogP contribution is 2.36. The molecule has 0 saturated heterocycles. The lowest BCUT2D eigenvalue weighted by Crippen LogP contribution is -2.45. The maximum Gasteiger partial charge on any atom is 0.338 e. The Morgan fingerprint density at radius 3 is 2.53 bits per heavy atom. The second-order valence-corrected chi connectivity index (χ2v) is 7.07. The number of esters is 1. The third-order valence-corrected chi connectivity index (χ3v) is 4.83. The maximum absolute atomic E-state index is 13.0. The molecule has 2 aromatic rings. The molecule has 2 aromatic carbocycles. The van der Waals surface area contributed by atoms with Gasteiger partial charge in [-0.2, -0.15) is 0 Å². The van der Waals surface area contributed by atoms with Crippen molar-refractivity contribution in [3.63, 3.8) is 0 Å². The van der Waals surface area contributed by atoms with Crippen molar-refractivity contribution in [2.24, 2.45) is 0 Å². The van der Waals surface area contributed by atoms with Crippen LogP contribution >= 0.6 is 12.2 Å². The van der Waals surface area contributed by atoms with Crippen LogP contribution in [0.15, 0.2) is 54.1 Å². The van der Waals surface area contributed by atoms with Crippen LogP contribution in [0, 0.1) is 0 Å². The topological polar surface area (TPSA) is 68.8 Å². The molecule has 3 rings (SSSR count). The van der Waals surface area contributed by atoms with Crippen LogP contribution in [-0.4, -0.2) is 31.4 Å². The quantitative estimate of drug-likeness (QED) is 0.489. The molecule has 0 fully saturated rings. The second-order valence-electron chi connectivity index (χ2n) is 6.67. The molecule has 0 amide bonds. The van der Waals surface area contributed by atoms with Gasteiger partial charge in [0.2, 0.25) is 0 Å². The Morgan fingerprint density at radius 1 is 1.10 bits per heavy atom. The summed E-state index contributed by atoms with van der Waals surface area (Å²) in [6, 6.07) is 14.7. The first kappa shape index (κ1) is 21.6. The SMILES string of the molecule is CCCOc1ccc(C2NC(=S)NC(c3ccccc3)=C2C(=O)OCC)cc1OC. The molecule has 0 bridgehead atoms. The van der Waals surface area contributed by atoms with Crippen LogP contribution in [-0.2, 0) is 9.53 Å². The van der Waals surface area contributed by atoms with E-state index >= 15 is 0 Å². The molecule has 0 aromatic heterocycles. The Kier molecular flexibility index (Phi) is 7.30. The molecule has 0 spiro atoms. The van der Waals surface area contributed by atoms with Crippen LogP contribution < -0.4 is 20.1 Å². The van der Waals surface area contributed by atoms with Crippen molar-refractivity contribution >= 4 is 29.0 Å². The van der Waals surface area contributed by atoms with Crippen molar-refractivity contribution in [1.82, 2.24) is 10.6 Å². The van der Waals surface area contributed by atoms with Gasteiger partial charge in [0, 0.05) is 0 Å². The summed E-state index contributed by atoms with van der Waals surface area (Å²) in [6.07, 6.45) is 0.894. The monoisotopic (exact) mass is 426 g/mol. The first-order valence-electron chi connectivity index (χ1n) is 9.94. The highest BCUT2D eigenvalue weighted by atomic mass is 32.1. The predicted octanol–water partition coefficient (Wildman–Crippen LogP) is 3.98. The van der Waals surface area contributed by atoms with Gasteiger partial charge in [0.1, 0.15) is 0 Å². The maximum atomic E-state index is 13.0. The van der Waals surface area contributed by atoms with E-state index in [1.54, 1.807) is 14.0 Å². The zero-order valence-corrected chi connectivity index (χ0v) is 18.2. The summed E-state index contributed by atoms with van der Waals surface area (Å²) >= 11 is 5.44. The number of rotatable bonds is 8. The van der Waals surface area contributed by atoms with Gasteiger partial charge in [-0.3, -0.25) is 0 Å². The van der Waals surface area contributed by atoms with E-state index in [4.69, 9.17) is 26.4 Å². The van der Waals surface area contributed by atoms with E-state index in [1.807, 2.05) is 55.5 Å². The van der Waals surface area contributed by atoms with Gasteiger partial charge in [0.15, 0.2) is 16.6 Å². The summed E-state index contributed by atoms with van der Waals surface area (Å²) in [7, 11) is 1.59. The molecule has 0 aliphatic carbocycles. The van der Waals surface area contributed by atoms with E-state index in [2.05, 4.69) is 10.6 Å². The van der Waals surface area contributed by atoms with Crippen LogP contribution in [0.5, 0.6) is 11.5 Å². The van der Waals surface area contributed by atoms with Gasteiger partial charge in [-0.1, -0.05) is 43.3 Å². The van der Waals surface area contributed by atoms with Gasteiger partial charge < -0.3 is 24.8 Å². The third-order valence-electron chi connectivity index (χ3n) is 4.61. The standard InChI is InChI=1S/C23H26N2O4S/c1-4-13-29-17-12-11-16(14-18(17)27-3)21-19(22(26)28-5-2)20(24-23(30)25-21)15-9-7-6-8-10-15/h6-12,14,21H,4-5,13H2,1-3H3,(H2,24,25,30). The number of carbonyl (C=O) groups is 1. The lowest BCUT2D eigenvalue weighted by Gasteiger charge is -2.31. The van der Waals surface area contributed by atoms with Crippen LogP contribution in [0.2, 0.25) is 0 Å². The van der Waals surface area contributed by atoms with Crippen molar-refractivity contribution in [2.75, 3.05) is 20.3 Å². The summed E-state index contributed by atoms with van der Waals surface area (Å²) in [5.41, 5.74) is 2.76. The van der Waals surface area contributed by atoms with Gasteiger partial charge in [0.05, 0.1) is 37.6 Å². The zero-order valence-electron chi connectivity index (χ0n) is 17.4. The van der Waals surface area contributed by atoms with E-state index in [9.17, 15) is 4.79 Å². The van der Waals surface area contributed by atoms with E-state index in [0.29, 0.717) is 34.5 Å². The lowest BCUT2D eigenvalue weighted by molar-refractivity contribution is -0.138. The fraction of sp³-hybridized carbons (Fsp3) is 0.304. The van der Waals surface area contributed by atoms with E-state index in [0.717, 1.165) is 17.5 Å². The number of carbonyl (C=O) groups excluding carboxylic acids is 1. The summed E-state index contributed by atoms with van der Waals surface area (Å²) in [6.45, 7) is 4.70. The first-order chi connectivity index (χ1) is 14.6. The van der Waals surface area contributed by atoms with Gasteiger partial charge in [-0.05, 0) is 48.8 Å². The largest absolute Gasteiger partial charge is 0.493 e. The highest BCUT2D eigenvalue weighted by Gasteiger charge is 2.33. The molecule has 7 heteroatoms. The summed E-state index contributed by atoms with van der Waals surface area (Å²) in [5.74, 6) is 0.843. The number of thiocarbonyl (C=S) groups is 1. The molecule has 1 unspecified atom stereocenters. The Hall–Kier alpha value is -3.06. The molecule has 1 heterocycles. The molecular formula is C23H26N2O4S. The van der Waals surface area contributed by atoms with Crippen LogP contribution in [0.4, 0.5) is 0 Å². The normalized spacial score (nSPS) is 15.8. The van der Waals surface area contributed by atoms with E-state index in [-0.39, 0.29) is 6.61 Å². The van der Waals surface area contributed by atoms with Crippen molar-refractivity contribution in [3.8, 4) is 11.5 Å². The number of nitrogens with one attached hydrogen (secondary N) is 2. The molecule has 2 N–H and O–H groups in total. The molecule has 0 saturated carbocycles. The van der Waals surface area contributed by atoms with E-state index < -0.39 is 12.0 Å². The van der Waals surface area contributed by atoms with Crippen molar-refractivity contribution < 1.29 is 19.0 Å². The number of hydrogen-bond acceptors (Lipinski definition) is 5. The Bertz CT molecular complexity index is 943. The molecule has 1 aliphatic rings. The molecule has 158 valence electrons.